The van der Waals surface area contributed by atoms with Crippen molar-refractivity contribution in [2.45, 2.75) is 19.8 Å². The topological polar surface area (TPSA) is 26.3 Å². The molecule has 1 aromatic rings. The van der Waals surface area contributed by atoms with Gasteiger partial charge in [-0.15, -0.1) is 0 Å². The SMILES string of the molecule is CCCCOc1ccc(Cl)c(C=O)c1F. The number of halogens is 2. The quantitative estimate of drug-likeness (QED) is 0.572. The van der Waals surface area contributed by atoms with Gasteiger partial charge in [0.1, 0.15) is 0 Å². The molecule has 0 aliphatic carbocycles. The van der Waals surface area contributed by atoms with Crippen molar-refractivity contribution in [2.75, 3.05) is 6.61 Å². The van der Waals surface area contributed by atoms with Crippen molar-refractivity contribution in [1.82, 2.24) is 0 Å². The first kappa shape index (κ1) is 12.0. The highest BCUT2D eigenvalue weighted by Gasteiger charge is 2.12. The van der Waals surface area contributed by atoms with Gasteiger partial charge in [-0.25, -0.2) is 4.39 Å². The average Bonchev–Trinajstić information content (AvgIpc) is 2.22. The number of carbonyl (C=O) groups excluding carboxylic acids is 1. The lowest BCUT2D eigenvalue weighted by Gasteiger charge is -2.08. The third-order valence-corrected chi connectivity index (χ3v) is 2.29. The Morgan fingerprint density at radius 1 is 1.53 bits per heavy atom. The minimum Gasteiger partial charge on any atom is -0.490 e. The van der Waals surface area contributed by atoms with E-state index < -0.39 is 5.82 Å². The van der Waals surface area contributed by atoms with Crippen LogP contribution in [-0.4, -0.2) is 12.9 Å². The molecule has 0 amide bonds. The van der Waals surface area contributed by atoms with Crippen LogP contribution in [0.15, 0.2) is 12.1 Å². The molecule has 1 rings (SSSR count). The number of benzene rings is 1. The highest BCUT2D eigenvalue weighted by molar-refractivity contribution is 6.33. The van der Waals surface area contributed by atoms with Gasteiger partial charge in [-0.2, -0.15) is 0 Å². The largest absolute Gasteiger partial charge is 0.490 e. The van der Waals surface area contributed by atoms with Crippen LogP contribution in [0.1, 0.15) is 30.1 Å². The van der Waals surface area contributed by atoms with Gasteiger partial charge in [0.25, 0.3) is 0 Å². The highest BCUT2D eigenvalue weighted by atomic mass is 35.5. The van der Waals surface area contributed by atoms with E-state index in [9.17, 15) is 9.18 Å². The summed E-state index contributed by atoms with van der Waals surface area (Å²) in [5, 5.41) is 0.102. The molecule has 0 saturated carbocycles. The van der Waals surface area contributed by atoms with Crippen molar-refractivity contribution in [3.8, 4) is 5.75 Å². The van der Waals surface area contributed by atoms with Crippen LogP contribution >= 0.6 is 11.6 Å². The fourth-order valence-electron chi connectivity index (χ4n) is 1.10. The van der Waals surface area contributed by atoms with Crippen LogP contribution in [0.2, 0.25) is 5.02 Å². The Kier molecular flexibility index (Phi) is 4.56. The lowest BCUT2D eigenvalue weighted by molar-refractivity contribution is 0.111. The van der Waals surface area contributed by atoms with E-state index in [-0.39, 0.29) is 16.3 Å². The normalized spacial score (nSPS) is 10.1. The molecule has 0 aliphatic heterocycles. The van der Waals surface area contributed by atoms with Crippen molar-refractivity contribution in [2.24, 2.45) is 0 Å². The second-order valence-corrected chi connectivity index (χ2v) is 3.50. The summed E-state index contributed by atoms with van der Waals surface area (Å²) in [5.41, 5.74) is -0.148. The zero-order valence-electron chi connectivity index (χ0n) is 8.43. The predicted molar refractivity (Wildman–Crippen MR) is 57.2 cm³/mol. The van der Waals surface area contributed by atoms with E-state index >= 15 is 0 Å². The molecule has 0 unspecified atom stereocenters. The fourth-order valence-corrected chi connectivity index (χ4v) is 1.29. The zero-order chi connectivity index (χ0) is 11.3. The van der Waals surface area contributed by atoms with Crippen molar-refractivity contribution >= 4 is 17.9 Å². The molecule has 0 saturated heterocycles. The Hall–Kier alpha value is -1.09. The molecule has 0 radical (unpaired) electrons. The molecule has 0 fully saturated rings. The van der Waals surface area contributed by atoms with E-state index in [1.165, 1.54) is 12.1 Å². The van der Waals surface area contributed by atoms with Gasteiger partial charge < -0.3 is 4.74 Å². The number of aldehydes is 1. The number of unbranched alkanes of at least 4 members (excludes halogenated alkanes) is 1. The second-order valence-electron chi connectivity index (χ2n) is 3.09. The minimum atomic E-state index is -0.686. The molecule has 2 nitrogen and oxygen atoms in total. The summed E-state index contributed by atoms with van der Waals surface area (Å²) in [6.45, 7) is 2.45. The van der Waals surface area contributed by atoms with Crippen LogP contribution in [-0.2, 0) is 0 Å². The highest BCUT2D eigenvalue weighted by Crippen LogP contribution is 2.25. The molecule has 0 bridgehead atoms. The van der Waals surface area contributed by atoms with Gasteiger partial charge in [0.2, 0.25) is 0 Å². The lowest BCUT2D eigenvalue weighted by atomic mass is 10.2. The molecule has 0 N–H and O–H groups in total. The Morgan fingerprint density at radius 3 is 2.87 bits per heavy atom. The molecule has 1 aromatic carbocycles. The molecule has 4 heteroatoms. The van der Waals surface area contributed by atoms with E-state index in [4.69, 9.17) is 16.3 Å². The second kappa shape index (κ2) is 5.71. The molecular formula is C11H12ClFO2. The molecule has 15 heavy (non-hydrogen) atoms. The van der Waals surface area contributed by atoms with Crippen molar-refractivity contribution in [1.29, 1.82) is 0 Å². The van der Waals surface area contributed by atoms with Gasteiger partial charge >= 0.3 is 0 Å². The Balaban J connectivity index is 2.85. The molecule has 0 heterocycles. The molecule has 0 atom stereocenters. The summed E-state index contributed by atoms with van der Waals surface area (Å²) in [6.07, 6.45) is 2.21. The number of carbonyl (C=O) groups is 1. The third-order valence-electron chi connectivity index (χ3n) is 1.96. The summed E-state index contributed by atoms with van der Waals surface area (Å²) in [7, 11) is 0. The Morgan fingerprint density at radius 2 is 2.27 bits per heavy atom. The number of ether oxygens (including phenoxy) is 1. The summed E-state index contributed by atoms with van der Waals surface area (Å²) in [4.78, 5) is 10.6. The molecule has 82 valence electrons. The van der Waals surface area contributed by atoms with E-state index in [2.05, 4.69) is 0 Å². The molecule has 0 spiro atoms. The van der Waals surface area contributed by atoms with Gasteiger partial charge in [0.15, 0.2) is 17.9 Å². The number of rotatable bonds is 5. The summed E-state index contributed by atoms with van der Waals surface area (Å²) < 4.78 is 18.7. The standard InChI is InChI=1S/C11H12ClFO2/c1-2-3-6-15-10-5-4-9(12)8(7-14)11(10)13/h4-5,7H,2-3,6H2,1H3. The summed E-state index contributed by atoms with van der Waals surface area (Å²) >= 11 is 5.64. The monoisotopic (exact) mass is 230 g/mol. The van der Waals surface area contributed by atoms with Crippen LogP contribution in [0, 0.1) is 5.82 Å². The van der Waals surface area contributed by atoms with E-state index in [0.29, 0.717) is 12.9 Å². The van der Waals surface area contributed by atoms with Crippen LogP contribution < -0.4 is 4.74 Å². The first-order valence-corrected chi connectivity index (χ1v) is 5.14. The first-order valence-electron chi connectivity index (χ1n) is 4.76. The summed E-state index contributed by atoms with van der Waals surface area (Å²) in [6, 6.07) is 2.88. The zero-order valence-corrected chi connectivity index (χ0v) is 9.18. The van der Waals surface area contributed by atoms with Crippen molar-refractivity contribution < 1.29 is 13.9 Å². The first-order chi connectivity index (χ1) is 7.20. The summed E-state index contributed by atoms with van der Waals surface area (Å²) in [5.74, 6) is -0.608. The maximum absolute atomic E-state index is 13.5. The Bertz CT molecular complexity index is 353. The van der Waals surface area contributed by atoms with Crippen LogP contribution in [0.4, 0.5) is 4.39 Å². The van der Waals surface area contributed by atoms with Gasteiger partial charge in [0.05, 0.1) is 17.2 Å². The van der Waals surface area contributed by atoms with Crippen molar-refractivity contribution in [3.63, 3.8) is 0 Å². The van der Waals surface area contributed by atoms with E-state index in [1.54, 1.807) is 0 Å². The number of hydrogen-bond acceptors (Lipinski definition) is 2. The van der Waals surface area contributed by atoms with E-state index in [0.717, 1.165) is 12.8 Å². The average molecular weight is 231 g/mol. The minimum absolute atomic E-state index is 0.0787. The fraction of sp³-hybridized carbons (Fsp3) is 0.364. The molecule has 0 aromatic heterocycles. The predicted octanol–water partition coefficient (Wildman–Crippen LogP) is 3.47. The van der Waals surface area contributed by atoms with Crippen LogP contribution in [0.5, 0.6) is 5.75 Å². The van der Waals surface area contributed by atoms with E-state index in [1.807, 2.05) is 6.92 Å². The van der Waals surface area contributed by atoms with Gasteiger partial charge in [-0.1, -0.05) is 24.9 Å². The third kappa shape index (κ3) is 2.93. The Labute approximate surface area is 93.0 Å². The molecular weight excluding hydrogens is 219 g/mol. The lowest BCUT2D eigenvalue weighted by Crippen LogP contribution is -2.01. The van der Waals surface area contributed by atoms with Gasteiger partial charge in [0, 0.05) is 0 Å². The number of hydrogen-bond donors (Lipinski definition) is 0. The maximum Gasteiger partial charge on any atom is 0.177 e. The van der Waals surface area contributed by atoms with Crippen LogP contribution in [0.25, 0.3) is 0 Å². The van der Waals surface area contributed by atoms with Crippen LogP contribution in [0.3, 0.4) is 0 Å². The van der Waals surface area contributed by atoms with Gasteiger partial charge in [-0.3, -0.25) is 4.79 Å². The smallest absolute Gasteiger partial charge is 0.177 e. The maximum atomic E-state index is 13.5. The van der Waals surface area contributed by atoms with Gasteiger partial charge in [-0.05, 0) is 18.6 Å². The van der Waals surface area contributed by atoms with Crippen molar-refractivity contribution in [3.05, 3.63) is 28.5 Å². The molecule has 0 aliphatic rings.